The van der Waals surface area contributed by atoms with Crippen LogP contribution < -0.4 is 10.6 Å². The highest BCUT2D eigenvalue weighted by Crippen LogP contribution is 2.45. The van der Waals surface area contributed by atoms with E-state index in [9.17, 15) is 14.7 Å². The van der Waals surface area contributed by atoms with Crippen molar-refractivity contribution in [3.63, 3.8) is 0 Å². The Morgan fingerprint density at radius 1 is 1.19 bits per heavy atom. The number of carboxylic acids is 1. The van der Waals surface area contributed by atoms with Gasteiger partial charge in [-0.15, -0.1) is 0 Å². The van der Waals surface area contributed by atoms with E-state index in [1.807, 2.05) is 20.8 Å². The first kappa shape index (κ1) is 16.3. The maximum absolute atomic E-state index is 12.0. The minimum atomic E-state index is -0.704. The number of nitrogens with one attached hydrogen (secondary N) is 2. The highest BCUT2D eigenvalue weighted by molar-refractivity contribution is 5.81. The number of carboxylic acid groups (broad SMARTS) is 1. The van der Waals surface area contributed by atoms with Crippen molar-refractivity contribution in [3.8, 4) is 0 Å². The maximum atomic E-state index is 12.0. The second-order valence-electron chi connectivity index (χ2n) is 7.36. The molecule has 1 amide bonds. The fourth-order valence-corrected chi connectivity index (χ4v) is 3.42. The zero-order valence-corrected chi connectivity index (χ0v) is 13.5. The molecule has 0 aromatic heterocycles. The Morgan fingerprint density at radius 3 is 2.33 bits per heavy atom. The first-order chi connectivity index (χ1) is 9.73. The van der Waals surface area contributed by atoms with Crippen molar-refractivity contribution in [1.29, 1.82) is 0 Å². The van der Waals surface area contributed by atoms with Gasteiger partial charge in [-0.05, 0) is 43.9 Å². The van der Waals surface area contributed by atoms with Gasteiger partial charge in [-0.3, -0.25) is 9.59 Å². The van der Waals surface area contributed by atoms with Crippen molar-refractivity contribution in [3.05, 3.63) is 0 Å². The summed E-state index contributed by atoms with van der Waals surface area (Å²) in [6.45, 7) is 8.04. The Hall–Kier alpha value is -1.10. The molecule has 2 fully saturated rings. The SMILES string of the molecule is CC(NC1CCC(C(=O)O)C(C)(C)C1C)C(=O)NC1CC1. The topological polar surface area (TPSA) is 78.4 Å². The number of amides is 1. The fourth-order valence-electron chi connectivity index (χ4n) is 3.42. The van der Waals surface area contributed by atoms with Crippen LogP contribution in [0.25, 0.3) is 0 Å². The fraction of sp³-hybridized carbons (Fsp3) is 0.875. The molecule has 5 nitrogen and oxygen atoms in total. The molecule has 0 saturated heterocycles. The number of hydrogen-bond acceptors (Lipinski definition) is 3. The van der Waals surface area contributed by atoms with Crippen LogP contribution in [0.5, 0.6) is 0 Å². The van der Waals surface area contributed by atoms with Gasteiger partial charge in [-0.2, -0.15) is 0 Å². The molecule has 0 aliphatic heterocycles. The number of carbonyl (C=O) groups excluding carboxylic acids is 1. The number of aliphatic carboxylic acids is 1. The summed E-state index contributed by atoms with van der Waals surface area (Å²) in [5.74, 6) is -0.739. The van der Waals surface area contributed by atoms with E-state index in [1.54, 1.807) is 0 Å². The van der Waals surface area contributed by atoms with E-state index < -0.39 is 5.97 Å². The van der Waals surface area contributed by atoms with Crippen LogP contribution in [0.3, 0.4) is 0 Å². The summed E-state index contributed by atoms with van der Waals surface area (Å²) in [5.41, 5.74) is -0.269. The minimum Gasteiger partial charge on any atom is -0.481 e. The molecule has 0 spiro atoms. The van der Waals surface area contributed by atoms with Crippen molar-refractivity contribution < 1.29 is 14.7 Å². The number of hydrogen-bond donors (Lipinski definition) is 3. The Kier molecular flexibility index (Phi) is 4.61. The van der Waals surface area contributed by atoms with Gasteiger partial charge in [0, 0.05) is 12.1 Å². The van der Waals surface area contributed by atoms with Crippen molar-refractivity contribution in [2.45, 2.75) is 71.5 Å². The van der Waals surface area contributed by atoms with Gasteiger partial charge >= 0.3 is 5.97 Å². The molecule has 4 unspecified atom stereocenters. The summed E-state index contributed by atoms with van der Waals surface area (Å²) < 4.78 is 0. The van der Waals surface area contributed by atoms with Gasteiger partial charge in [0.15, 0.2) is 0 Å². The lowest BCUT2D eigenvalue weighted by Gasteiger charge is -2.47. The summed E-state index contributed by atoms with van der Waals surface area (Å²) in [6, 6.07) is 0.337. The molecule has 5 heteroatoms. The number of rotatable bonds is 5. The van der Waals surface area contributed by atoms with Gasteiger partial charge in [0.05, 0.1) is 12.0 Å². The van der Waals surface area contributed by atoms with Crippen LogP contribution in [0, 0.1) is 17.3 Å². The molecular formula is C16H28N2O3. The van der Waals surface area contributed by atoms with Gasteiger partial charge < -0.3 is 15.7 Å². The third kappa shape index (κ3) is 3.57. The lowest BCUT2D eigenvalue weighted by molar-refractivity contribution is -0.150. The van der Waals surface area contributed by atoms with Crippen molar-refractivity contribution in [2.75, 3.05) is 0 Å². The van der Waals surface area contributed by atoms with E-state index in [1.165, 1.54) is 0 Å². The zero-order valence-electron chi connectivity index (χ0n) is 13.5. The minimum absolute atomic E-state index is 0.0582. The van der Waals surface area contributed by atoms with Gasteiger partial charge in [-0.1, -0.05) is 20.8 Å². The van der Waals surface area contributed by atoms with Gasteiger partial charge in [-0.25, -0.2) is 0 Å². The van der Waals surface area contributed by atoms with Crippen LogP contribution in [0.2, 0.25) is 0 Å². The van der Waals surface area contributed by atoms with Crippen LogP contribution in [0.4, 0.5) is 0 Å². The summed E-state index contributed by atoms with van der Waals surface area (Å²) in [7, 11) is 0. The van der Waals surface area contributed by atoms with E-state index in [4.69, 9.17) is 0 Å². The molecule has 3 N–H and O–H groups in total. The van der Waals surface area contributed by atoms with E-state index >= 15 is 0 Å². The van der Waals surface area contributed by atoms with Crippen molar-refractivity contribution in [1.82, 2.24) is 10.6 Å². The summed E-state index contributed by atoms with van der Waals surface area (Å²) >= 11 is 0. The third-order valence-corrected chi connectivity index (χ3v) is 5.52. The maximum Gasteiger partial charge on any atom is 0.307 e. The van der Waals surface area contributed by atoms with Gasteiger partial charge in [0.1, 0.15) is 0 Å². The predicted octanol–water partition coefficient (Wildman–Crippen LogP) is 1.77. The van der Waals surface area contributed by atoms with Crippen molar-refractivity contribution >= 4 is 11.9 Å². The normalized spacial score (nSPS) is 33.2. The van der Waals surface area contributed by atoms with Crippen LogP contribution >= 0.6 is 0 Å². The zero-order chi connectivity index (χ0) is 15.8. The molecule has 0 aromatic carbocycles. The second-order valence-corrected chi connectivity index (χ2v) is 7.36. The molecule has 2 aliphatic rings. The molecule has 0 radical (unpaired) electrons. The molecule has 2 saturated carbocycles. The highest BCUT2D eigenvalue weighted by Gasteiger charge is 2.46. The monoisotopic (exact) mass is 296 g/mol. The van der Waals surface area contributed by atoms with Crippen LogP contribution in [0.15, 0.2) is 0 Å². The molecule has 0 bridgehead atoms. The quantitative estimate of drug-likeness (QED) is 0.722. The van der Waals surface area contributed by atoms with Gasteiger partial charge in [0.2, 0.25) is 5.91 Å². The predicted molar refractivity (Wildman–Crippen MR) is 80.9 cm³/mol. The van der Waals surface area contributed by atoms with Crippen LogP contribution in [-0.4, -0.2) is 35.1 Å². The van der Waals surface area contributed by atoms with E-state index in [2.05, 4.69) is 17.6 Å². The van der Waals surface area contributed by atoms with E-state index in [0.29, 0.717) is 12.5 Å². The lowest BCUT2D eigenvalue weighted by atomic mass is 9.61. The van der Waals surface area contributed by atoms with Crippen LogP contribution in [0.1, 0.15) is 53.4 Å². The Labute approximate surface area is 126 Å². The standard InChI is InChI=1S/C16H28N2O3/c1-9-13(8-7-12(15(20)21)16(9,3)4)17-10(2)14(19)18-11-5-6-11/h9-13,17H,5-8H2,1-4H3,(H,18,19)(H,20,21). The largest absolute Gasteiger partial charge is 0.481 e. The summed E-state index contributed by atoms with van der Waals surface area (Å²) in [4.78, 5) is 23.4. The molecule has 2 aliphatic carbocycles. The highest BCUT2D eigenvalue weighted by atomic mass is 16.4. The Morgan fingerprint density at radius 2 is 1.81 bits per heavy atom. The molecule has 0 heterocycles. The molecule has 0 aromatic rings. The third-order valence-electron chi connectivity index (χ3n) is 5.52. The average Bonchev–Trinajstić information content (AvgIpc) is 3.18. The molecule has 4 atom stereocenters. The number of carbonyl (C=O) groups is 2. The Balaban J connectivity index is 1.94. The van der Waals surface area contributed by atoms with Crippen molar-refractivity contribution in [2.24, 2.45) is 17.3 Å². The summed E-state index contributed by atoms with van der Waals surface area (Å²) in [6.07, 6.45) is 3.65. The smallest absolute Gasteiger partial charge is 0.307 e. The molecule has 120 valence electrons. The van der Waals surface area contributed by atoms with E-state index in [-0.39, 0.29) is 35.2 Å². The lowest BCUT2D eigenvalue weighted by Crippen LogP contribution is -2.55. The van der Waals surface area contributed by atoms with E-state index in [0.717, 1.165) is 19.3 Å². The molecule has 21 heavy (non-hydrogen) atoms. The first-order valence-corrected chi connectivity index (χ1v) is 8.02. The first-order valence-electron chi connectivity index (χ1n) is 8.02. The summed E-state index contributed by atoms with van der Waals surface area (Å²) in [5, 5.41) is 15.8. The molecular weight excluding hydrogens is 268 g/mol. The van der Waals surface area contributed by atoms with Gasteiger partial charge in [0.25, 0.3) is 0 Å². The Bertz CT molecular complexity index is 418. The second kappa shape index (κ2) is 5.95. The average molecular weight is 296 g/mol. The molecule has 2 rings (SSSR count). The van der Waals surface area contributed by atoms with Crippen LogP contribution in [-0.2, 0) is 9.59 Å².